The molecular weight excluding hydrogens is 336 g/mol. The first-order valence-corrected chi connectivity index (χ1v) is 7.79. The van der Waals surface area contributed by atoms with Crippen LogP contribution in [0.3, 0.4) is 0 Å². The molecule has 0 fully saturated rings. The highest BCUT2D eigenvalue weighted by molar-refractivity contribution is 5.98. The van der Waals surface area contributed by atoms with E-state index in [4.69, 9.17) is 10.5 Å². The molecule has 1 aromatic carbocycles. The van der Waals surface area contributed by atoms with Gasteiger partial charge in [0.1, 0.15) is 5.65 Å². The normalized spacial score (nSPS) is 11.7. The van der Waals surface area contributed by atoms with Gasteiger partial charge in [0.25, 0.3) is 5.91 Å². The van der Waals surface area contributed by atoms with Gasteiger partial charge < -0.3 is 20.2 Å². The number of anilines is 1. The van der Waals surface area contributed by atoms with Gasteiger partial charge in [-0.25, -0.2) is 9.78 Å². The topological polar surface area (TPSA) is 116 Å². The predicted octanol–water partition coefficient (Wildman–Crippen LogP) is 1.62. The second kappa shape index (κ2) is 7.06. The van der Waals surface area contributed by atoms with Crippen LogP contribution in [0.4, 0.5) is 5.69 Å². The number of imidazole rings is 1. The Morgan fingerprint density at radius 3 is 2.54 bits per heavy atom. The molecule has 0 aliphatic rings. The lowest BCUT2D eigenvalue weighted by atomic mass is 10.2. The number of hydrogen-bond donors (Lipinski definition) is 2. The van der Waals surface area contributed by atoms with E-state index in [1.54, 1.807) is 22.7 Å². The molecule has 0 saturated carbocycles. The second-order valence-corrected chi connectivity index (χ2v) is 5.57. The summed E-state index contributed by atoms with van der Waals surface area (Å²) in [4.78, 5) is 39.5. The lowest BCUT2D eigenvalue weighted by Crippen LogP contribution is -2.30. The summed E-state index contributed by atoms with van der Waals surface area (Å²) in [5.41, 5.74) is 6.66. The Bertz CT molecular complexity index is 945. The smallest absolute Gasteiger partial charge is 0.359 e. The lowest BCUT2D eigenvalue weighted by Gasteiger charge is -2.12. The summed E-state index contributed by atoms with van der Waals surface area (Å²) in [6, 6.07) is 11.4. The SMILES string of the molecule is CC(OC(=O)c1cn2ccccc2n1)C(=O)Nc1ccc(C(N)=O)cc1. The van der Waals surface area contributed by atoms with Gasteiger partial charge in [-0.05, 0) is 43.3 Å². The Kier molecular flexibility index (Phi) is 4.66. The number of hydrogen-bond acceptors (Lipinski definition) is 5. The van der Waals surface area contributed by atoms with Crippen molar-refractivity contribution in [3.8, 4) is 0 Å². The van der Waals surface area contributed by atoms with Crippen LogP contribution in [0.1, 0.15) is 27.8 Å². The fourth-order valence-corrected chi connectivity index (χ4v) is 2.27. The Labute approximate surface area is 148 Å². The number of carbonyl (C=O) groups excluding carboxylic acids is 3. The maximum absolute atomic E-state index is 12.2. The van der Waals surface area contributed by atoms with Gasteiger partial charge in [-0.3, -0.25) is 9.59 Å². The number of amides is 2. The third kappa shape index (κ3) is 3.69. The highest BCUT2D eigenvalue weighted by Crippen LogP contribution is 2.11. The van der Waals surface area contributed by atoms with Crippen molar-refractivity contribution in [1.82, 2.24) is 9.38 Å². The van der Waals surface area contributed by atoms with E-state index in [-0.39, 0.29) is 5.69 Å². The molecule has 0 spiro atoms. The van der Waals surface area contributed by atoms with Crippen LogP contribution in [0.15, 0.2) is 54.9 Å². The fourth-order valence-electron chi connectivity index (χ4n) is 2.27. The summed E-state index contributed by atoms with van der Waals surface area (Å²) in [5.74, 6) is -1.76. The summed E-state index contributed by atoms with van der Waals surface area (Å²) < 4.78 is 6.84. The Hall–Kier alpha value is -3.68. The second-order valence-electron chi connectivity index (χ2n) is 5.57. The van der Waals surface area contributed by atoms with Gasteiger partial charge in [0.05, 0.1) is 0 Å². The summed E-state index contributed by atoms with van der Waals surface area (Å²) in [7, 11) is 0. The highest BCUT2D eigenvalue weighted by atomic mass is 16.5. The van der Waals surface area contributed by atoms with Crippen LogP contribution in [0.25, 0.3) is 5.65 Å². The van der Waals surface area contributed by atoms with Crippen LogP contribution < -0.4 is 11.1 Å². The summed E-state index contributed by atoms with van der Waals surface area (Å²) in [5, 5.41) is 2.60. The maximum Gasteiger partial charge on any atom is 0.359 e. The number of fused-ring (bicyclic) bond motifs is 1. The number of ether oxygens (including phenoxy) is 1. The Morgan fingerprint density at radius 1 is 1.15 bits per heavy atom. The van der Waals surface area contributed by atoms with Gasteiger partial charge in [0.15, 0.2) is 11.8 Å². The van der Waals surface area contributed by atoms with Crippen molar-refractivity contribution in [2.75, 3.05) is 5.32 Å². The van der Waals surface area contributed by atoms with E-state index in [9.17, 15) is 14.4 Å². The van der Waals surface area contributed by atoms with Crippen molar-refractivity contribution in [3.63, 3.8) is 0 Å². The van der Waals surface area contributed by atoms with Gasteiger partial charge >= 0.3 is 5.97 Å². The minimum atomic E-state index is -1.02. The number of nitrogens with two attached hydrogens (primary N) is 1. The molecule has 8 heteroatoms. The zero-order valence-corrected chi connectivity index (χ0v) is 13.9. The lowest BCUT2D eigenvalue weighted by molar-refractivity contribution is -0.123. The number of pyridine rings is 1. The number of nitrogens with one attached hydrogen (secondary N) is 1. The highest BCUT2D eigenvalue weighted by Gasteiger charge is 2.21. The number of carbonyl (C=O) groups is 3. The van der Waals surface area contributed by atoms with Crippen LogP contribution in [0, 0.1) is 0 Å². The first kappa shape index (κ1) is 17.2. The van der Waals surface area contributed by atoms with Crippen molar-refractivity contribution < 1.29 is 19.1 Å². The Balaban J connectivity index is 1.62. The van der Waals surface area contributed by atoms with Crippen molar-refractivity contribution >= 4 is 29.1 Å². The van der Waals surface area contributed by atoms with Gasteiger partial charge in [-0.1, -0.05) is 6.07 Å². The van der Waals surface area contributed by atoms with E-state index in [1.165, 1.54) is 37.4 Å². The minimum Gasteiger partial charge on any atom is -0.448 e. The number of primary amides is 1. The molecule has 132 valence electrons. The van der Waals surface area contributed by atoms with Crippen LogP contribution in [0.2, 0.25) is 0 Å². The molecule has 2 amide bonds. The summed E-state index contributed by atoms with van der Waals surface area (Å²) in [6.07, 6.45) is 2.26. The fraction of sp³-hybridized carbons (Fsp3) is 0.111. The zero-order valence-electron chi connectivity index (χ0n) is 13.9. The number of aromatic nitrogens is 2. The zero-order chi connectivity index (χ0) is 18.7. The molecule has 0 aliphatic heterocycles. The first-order chi connectivity index (χ1) is 12.4. The number of rotatable bonds is 5. The molecule has 3 aromatic rings. The van der Waals surface area contributed by atoms with Crippen LogP contribution in [-0.4, -0.2) is 33.3 Å². The molecule has 26 heavy (non-hydrogen) atoms. The molecule has 3 N–H and O–H groups in total. The average molecular weight is 352 g/mol. The average Bonchev–Trinajstić information content (AvgIpc) is 3.06. The maximum atomic E-state index is 12.2. The molecule has 0 radical (unpaired) electrons. The number of esters is 1. The van der Waals surface area contributed by atoms with E-state index in [0.717, 1.165) is 0 Å². The molecule has 3 rings (SSSR count). The molecule has 2 aromatic heterocycles. The monoisotopic (exact) mass is 352 g/mol. The van der Waals surface area contributed by atoms with E-state index in [1.807, 2.05) is 6.07 Å². The van der Waals surface area contributed by atoms with Gasteiger partial charge in [0.2, 0.25) is 5.91 Å². The van der Waals surface area contributed by atoms with E-state index in [0.29, 0.717) is 16.9 Å². The predicted molar refractivity (Wildman–Crippen MR) is 93.7 cm³/mol. The molecular formula is C18H16N4O4. The van der Waals surface area contributed by atoms with Crippen molar-refractivity contribution in [2.45, 2.75) is 13.0 Å². The Morgan fingerprint density at radius 2 is 1.88 bits per heavy atom. The summed E-state index contributed by atoms with van der Waals surface area (Å²) >= 11 is 0. The van der Waals surface area contributed by atoms with Crippen LogP contribution >= 0.6 is 0 Å². The van der Waals surface area contributed by atoms with Crippen LogP contribution in [-0.2, 0) is 9.53 Å². The van der Waals surface area contributed by atoms with E-state index in [2.05, 4.69) is 10.3 Å². The van der Waals surface area contributed by atoms with E-state index < -0.39 is 23.9 Å². The van der Waals surface area contributed by atoms with Gasteiger partial charge in [-0.2, -0.15) is 0 Å². The number of nitrogens with zero attached hydrogens (tertiary/aromatic N) is 2. The quantitative estimate of drug-likeness (QED) is 0.677. The number of benzene rings is 1. The van der Waals surface area contributed by atoms with Crippen molar-refractivity contribution in [2.24, 2.45) is 5.73 Å². The summed E-state index contributed by atoms with van der Waals surface area (Å²) in [6.45, 7) is 1.46. The molecule has 0 saturated heterocycles. The van der Waals surface area contributed by atoms with Gasteiger partial charge in [-0.15, -0.1) is 0 Å². The molecule has 8 nitrogen and oxygen atoms in total. The van der Waals surface area contributed by atoms with E-state index >= 15 is 0 Å². The molecule has 0 bridgehead atoms. The molecule has 2 heterocycles. The van der Waals surface area contributed by atoms with Crippen molar-refractivity contribution in [1.29, 1.82) is 0 Å². The van der Waals surface area contributed by atoms with Crippen LogP contribution in [0.5, 0.6) is 0 Å². The minimum absolute atomic E-state index is 0.113. The van der Waals surface area contributed by atoms with Gasteiger partial charge in [0, 0.05) is 23.6 Å². The largest absolute Gasteiger partial charge is 0.448 e. The third-order valence-corrected chi connectivity index (χ3v) is 3.66. The molecule has 1 atom stereocenters. The molecule has 1 unspecified atom stereocenters. The third-order valence-electron chi connectivity index (χ3n) is 3.66. The first-order valence-electron chi connectivity index (χ1n) is 7.79. The molecule has 0 aliphatic carbocycles. The van der Waals surface area contributed by atoms with Crippen molar-refractivity contribution in [3.05, 3.63) is 66.1 Å². The standard InChI is InChI=1S/C18H16N4O4/c1-11(17(24)20-13-7-5-12(6-8-13)16(19)23)26-18(25)14-10-22-9-3-2-4-15(22)21-14/h2-11H,1H3,(H2,19,23)(H,20,24).